The summed E-state index contributed by atoms with van der Waals surface area (Å²) in [5, 5.41) is 13.3. The van der Waals surface area contributed by atoms with Gasteiger partial charge < -0.3 is 25.0 Å². The quantitative estimate of drug-likeness (QED) is 0.259. The van der Waals surface area contributed by atoms with Gasteiger partial charge in [-0.15, -0.1) is 0 Å². The second-order valence-corrected chi connectivity index (χ2v) is 12.3. The fraction of sp³-hybridized carbons (Fsp3) is 0.360. The molecule has 0 saturated carbocycles. The first-order chi connectivity index (χ1) is 19.6. The van der Waals surface area contributed by atoms with Gasteiger partial charge in [-0.2, -0.15) is 21.6 Å². The minimum Gasteiger partial charge on any atom is -0.490 e. The molecule has 1 fully saturated rings. The average Bonchev–Trinajstić information content (AvgIpc) is 3.33. The van der Waals surface area contributed by atoms with E-state index in [0.29, 0.717) is 41.7 Å². The van der Waals surface area contributed by atoms with Gasteiger partial charge >= 0.3 is 11.0 Å². The molecule has 0 aliphatic carbocycles. The number of carbonyl (C=O) groups excluding carboxylic acids is 1. The minimum atomic E-state index is -4.85. The number of benzene rings is 2. The number of aromatic amines is 1. The highest BCUT2D eigenvalue weighted by molar-refractivity contribution is 7.85. The summed E-state index contributed by atoms with van der Waals surface area (Å²) in [7, 11) is -4.00. The summed E-state index contributed by atoms with van der Waals surface area (Å²) in [5.74, 6) is -0.445. The van der Waals surface area contributed by atoms with Gasteiger partial charge in [0.2, 0.25) is 0 Å². The van der Waals surface area contributed by atoms with Crippen LogP contribution in [0.1, 0.15) is 28.2 Å². The van der Waals surface area contributed by atoms with E-state index in [9.17, 15) is 36.3 Å². The molecule has 1 aliphatic rings. The molecule has 1 atom stereocenters. The largest absolute Gasteiger partial charge is 0.490 e. The Morgan fingerprint density at radius 1 is 1.14 bits per heavy atom. The van der Waals surface area contributed by atoms with E-state index in [2.05, 4.69) is 5.32 Å². The topological polar surface area (TPSA) is 149 Å². The fourth-order valence-corrected chi connectivity index (χ4v) is 5.45. The molecule has 230 valence electrons. The second-order valence-electron chi connectivity index (χ2n) is 9.06. The molecule has 4 rings (SSSR count). The number of carbonyl (C=O) groups is 1. The Bertz CT molecular complexity index is 1510. The number of piperidine rings is 1. The van der Waals surface area contributed by atoms with Crippen molar-refractivity contribution in [3.63, 3.8) is 0 Å². The molecule has 42 heavy (non-hydrogen) atoms. The molecule has 1 unspecified atom stereocenters. The summed E-state index contributed by atoms with van der Waals surface area (Å²) in [6.45, 7) is 1.25. The van der Waals surface area contributed by atoms with Crippen LogP contribution in [0.15, 0.2) is 58.2 Å². The Balaban J connectivity index is 0.000000408. The lowest BCUT2D eigenvalue weighted by atomic mass is 10.1. The van der Waals surface area contributed by atoms with Crippen molar-refractivity contribution in [3.8, 4) is 5.75 Å². The number of rotatable bonds is 8. The molecule has 2 aromatic carbocycles. The van der Waals surface area contributed by atoms with Gasteiger partial charge in [-0.1, -0.05) is 52.7 Å². The number of β-amino-alcohol motifs (C(OH)–C–C–N with tert-alkyl or cyclic N) is 1. The third kappa shape index (κ3) is 10.3. The predicted molar refractivity (Wildman–Crippen MR) is 151 cm³/mol. The van der Waals surface area contributed by atoms with Crippen LogP contribution in [-0.4, -0.2) is 72.3 Å². The van der Waals surface area contributed by atoms with Crippen molar-refractivity contribution in [1.82, 2.24) is 15.2 Å². The van der Waals surface area contributed by atoms with E-state index in [-0.39, 0.29) is 35.4 Å². The van der Waals surface area contributed by atoms with Crippen LogP contribution < -0.4 is 14.9 Å². The lowest BCUT2D eigenvalue weighted by Crippen LogP contribution is -2.45. The van der Waals surface area contributed by atoms with E-state index < -0.39 is 43.7 Å². The van der Waals surface area contributed by atoms with Gasteiger partial charge in [0.15, 0.2) is 0 Å². The van der Waals surface area contributed by atoms with Crippen molar-refractivity contribution in [2.24, 2.45) is 0 Å². The van der Waals surface area contributed by atoms with Gasteiger partial charge in [0.05, 0.1) is 21.0 Å². The normalized spacial score (nSPS) is 15.4. The van der Waals surface area contributed by atoms with E-state index >= 15 is 0 Å². The molecule has 17 heteroatoms. The molecule has 10 nitrogen and oxygen atoms in total. The van der Waals surface area contributed by atoms with Crippen LogP contribution in [0.3, 0.4) is 0 Å². The molecule has 1 saturated heterocycles. The summed E-state index contributed by atoms with van der Waals surface area (Å²) in [6, 6.07) is 12.5. The van der Waals surface area contributed by atoms with Crippen molar-refractivity contribution in [3.05, 3.63) is 78.8 Å². The third-order valence-electron chi connectivity index (χ3n) is 5.88. The molecule has 0 bridgehead atoms. The zero-order chi connectivity index (χ0) is 31.1. The van der Waals surface area contributed by atoms with Gasteiger partial charge in [0.1, 0.15) is 22.4 Å². The molecular weight excluding hydrogens is 646 g/mol. The minimum absolute atomic E-state index is 0.0301. The van der Waals surface area contributed by atoms with Crippen molar-refractivity contribution in [2.75, 3.05) is 26.2 Å². The van der Waals surface area contributed by atoms with E-state index in [1.165, 1.54) is 12.1 Å². The lowest BCUT2D eigenvalue weighted by molar-refractivity contribution is -0.141. The van der Waals surface area contributed by atoms with Gasteiger partial charge in [-0.25, -0.2) is 0 Å². The number of likely N-dealkylation sites (tertiary alicyclic amines) is 1. The fourth-order valence-electron chi connectivity index (χ4n) is 3.89. The molecule has 1 aliphatic heterocycles. The Hall–Kier alpha value is -2.66. The van der Waals surface area contributed by atoms with Crippen LogP contribution in [0.5, 0.6) is 5.75 Å². The van der Waals surface area contributed by atoms with E-state index in [0.717, 1.165) is 0 Å². The van der Waals surface area contributed by atoms with Crippen LogP contribution in [0.25, 0.3) is 0 Å². The first-order valence-corrected chi connectivity index (χ1v) is 15.3. The highest BCUT2D eigenvalue weighted by Gasteiger charge is 2.38. The lowest BCUT2D eigenvalue weighted by Gasteiger charge is -2.33. The number of aliphatic hydroxyl groups is 1. The maximum Gasteiger partial charge on any atom is 0.432 e. The highest BCUT2D eigenvalue weighted by Crippen LogP contribution is 2.31. The van der Waals surface area contributed by atoms with Crippen LogP contribution in [0, 0.1) is 0 Å². The number of H-pyrrole nitrogens is 1. The van der Waals surface area contributed by atoms with E-state index in [4.69, 9.17) is 32.5 Å². The Kier molecular flexibility index (Phi) is 11.8. The summed E-state index contributed by atoms with van der Waals surface area (Å²) in [4.78, 5) is 25.1. The van der Waals surface area contributed by atoms with Crippen LogP contribution in [0.4, 0.5) is 13.2 Å². The smallest absolute Gasteiger partial charge is 0.432 e. The van der Waals surface area contributed by atoms with Gasteiger partial charge in [-0.3, -0.25) is 14.1 Å². The van der Waals surface area contributed by atoms with Crippen LogP contribution in [-0.2, 0) is 16.3 Å². The molecule has 1 amide bonds. The monoisotopic (exact) mass is 671 g/mol. The molecule has 0 spiro atoms. The van der Waals surface area contributed by atoms with Gasteiger partial charge in [-0.05, 0) is 37.1 Å². The maximum absolute atomic E-state index is 12.9. The maximum atomic E-state index is 12.9. The second kappa shape index (κ2) is 14.7. The van der Waals surface area contributed by atoms with Crippen molar-refractivity contribution in [2.45, 2.75) is 36.1 Å². The van der Waals surface area contributed by atoms with Crippen molar-refractivity contribution < 1.29 is 40.8 Å². The summed E-state index contributed by atoms with van der Waals surface area (Å²) < 4.78 is 73.9. The number of hydrogen-bond donors (Lipinski definition) is 4. The summed E-state index contributed by atoms with van der Waals surface area (Å²) in [6.07, 6.45) is -4.47. The third-order valence-corrected chi connectivity index (χ3v) is 8.36. The predicted octanol–water partition coefficient (Wildman–Crippen LogP) is 4.33. The van der Waals surface area contributed by atoms with E-state index in [1.54, 1.807) is 41.4 Å². The molecule has 0 radical (unpaired) electrons. The number of aromatic nitrogens is 1. The van der Waals surface area contributed by atoms with Crippen molar-refractivity contribution >= 4 is 50.6 Å². The van der Waals surface area contributed by atoms with E-state index in [1.807, 2.05) is 4.90 Å². The number of halogens is 5. The number of ether oxygens (including phenoxy) is 1. The number of hydrogen-bond acceptors (Lipinski definition) is 8. The standard InChI is InChI=1S/C19H20Cl2F3N3O4S.C6H6O3S/c20-13-2-1-12(7-14(13)21)31-11-3-5-27(6-4-11)9-10(28)8-25-17(29)15-16(19(22,23)24)26-18(30)32-15;7-10(8,9)6-4-2-1-3-5-6/h1-2,7,10-11,28H,3-6,8-9H2,(H,25,29)(H,26,30);1-5H,(H,7,8,9). The summed E-state index contributed by atoms with van der Waals surface area (Å²) in [5.41, 5.74) is -1.39. The molecule has 4 N–H and O–H groups in total. The Morgan fingerprint density at radius 3 is 2.33 bits per heavy atom. The van der Waals surface area contributed by atoms with Crippen LogP contribution in [0.2, 0.25) is 10.0 Å². The first kappa shape index (κ1) is 33.8. The zero-order valence-electron chi connectivity index (χ0n) is 21.6. The SMILES string of the molecule is O=C(NCC(O)CN1CCC(Oc2ccc(Cl)c(Cl)c2)CC1)c1sc(=O)[nH]c1C(F)(F)F.O=S(=O)(O)c1ccccc1. The first-order valence-electron chi connectivity index (χ1n) is 12.3. The number of amides is 1. The van der Waals surface area contributed by atoms with Gasteiger partial charge in [0, 0.05) is 32.2 Å². The number of nitrogens with zero attached hydrogens (tertiary/aromatic N) is 1. The van der Waals surface area contributed by atoms with Crippen molar-refractivity contribution in [1.29, 1.82) is 0 Å². The average molecular weight is 673 g/mol. The number of alkyl halides is 3. The molecule has 1 aromatic heterocycles. The Morgan fingerprint density at radius 2 is 1.79 bits per heavy atom. The highest BCUT2D eigenvalue weighted by atomic mass is 35.5. The molecule has 2 heterocycles. The molecule has 3 aromatic rings. The zero-order valence-corrected chi connectivity index (χ0v) is 24.8. The summed E-state index contributed by atoms with van der Waals surface area (Å²) >= 11 is 12.1. The number of aliphatic hydroxyl groups excluding tert-OH is 1. The number of nitrogens with one attached hydrogen (secondary N) is 2. The van der Waals surface area contributed by atoms with Gasteiger partial charge in [0.25, 0.3) is 16.0 Å². The Labute approximate surface area is 252 Å². The molecular formula is C25H26Cl2F3N3O7S2. The number of thiazole rings is 1. The van der Waals surface area contributed by atoms with Crippen LogP contribution >= 0.6 is 34.5 Å².